The maximum atomic E-state index is 11.3. The van der Waals surface area contributed by atoms with Crippen molar-refractivity contribution in [3.8, 4) is 0 Å². The van der Waals surface area contributed by atoms with Gasteiger partial charge in [-0.1, -0.05) is 6.92 Å². The summed E-state index contributed by atoms with van der Waals surface area (Å²) in [4.78, 5) is 32.6. The first-order valence-corrected chi connectivity index (χ1v) is 10.7. The van der Waals surface area contributed by atoms with Gasteiger partial charge in [-0.2, -0.15) is 0 Å². The number of carboxylic acid groups (broad SMARTS) is 1. The van der Waals surface area contributed by atoms with E-state index in [0.29, 0.717) is 79.0 Å². The predicted octanol–water partition coefficient (Wildman–Crippen LogP) is -0.370. The van der Waals surface area contributed by atoms with Crippen LogP contribution < -0.4 is 5.32 Å². The number of carboxylic acids is 1. The van der Waals surface area contributed by atoms with Crippen LogP contribution in [0.4, 0.5) is 0 Å². The fourth-order valence-corrected chi connectivity index (χ4v) is 2.02. The molecule has 0 radical (unpaired) electrons. The first-order valence-electron chi connectivity index (χ1n) is 10.7. The van der Waals surface area contributed by atoms with Gasteiger partial charge in [0.15, 0.2) is 0 Å². The lowest BCUT2D eigenvalue weighted by Gasteiger charge is -2.08. The number of carbonyl (C=O) groups excluding carboxylic acids is 2. The highest BCUT2D eigenvalue weighted by Gasteiger charge is 2.03. The van der Waals surface area contributed by atoms with Gasteiger partial charge in [-0.3, -0.25) is 9.59 Å². The molecular formula is C20H37NO11. The number of hydrogen-bond donors (Lipinski definition) is 2. The van der Waals surface area contributed by atoms with Crippen molar-refractivity contribution in [1.29, 1.82) is 0 Å². The Morgan fingerprint density at radius 1 is 0.656 bits per heavy atom. The molecular weight excluding hydrogens is 430 g/mol. The van der Waals surface area contributed by atoms with Gasteiger partial charge in [-0.25, -0.2) is 4.79 Å². The Morgan fingerprint density at radius 2 is 1.12 bits per heavy atom. The van der Waals surface area contributed by atoms with Gasteiger partial charge >= 0.3 is 11.9 Å². The van der Waals surface area contributed by atoms with Crippen LogP contribution in [0.5, 0.6) is 0 Å². The summed E-state index contributed by atoms with van der Waals surface area (Å²) < 4.78 is 36.2. The number of esters is 1. The summed E-state index contributed by atoms with van der Waals surface area (Å²) >= 11 is 0. The van der Waals surface area contributed by atoms with Crippen LogP contribution in [0.25, 0.3) is 0 Å². The van der Waals surface area contributed by atoms with Gasteiger partial charge in [0.25, 0.3) is 0 Å². The third kappa shape index (κ3) is 24.4. The van der Waals surface area contributed by atoms with Crippen LogP contribution in [0.2, 0.25) is 0 Å². The zero-order valence-electron chi connectivity index (χ0n) is 18.8. The van der Waals surface area contributed by atoms with Crippen molar-refractivity contribution in [2.45, 2.75) is 19.8 Å². The molecule has 0 aromatic rings. The Morgan fingerprint density at radius 3 is 1.59 bits per heavy atom. The van der Waals surface area contributed by atoms with E-state index < -0.39 is 18.5 Å². The number of aliphatic carboxylic acids is 1. The lowest BCUT2D eigenvalue weighted by molar-refractivity contribution is -0.145. The van der Waals surface area contributed by atoms with E-state index in [0.717, 1.165) is 6.42 Å². The molecule has 0 bridgehead atoms. The quantitative estimate of drug-likeness (QED) is 0.141. The summed E-state index contributed by atoms with van der Waals surface area (Å²) in [7, 11) is 0. The fraction of sp³-hybridized carbons (Fsp3) is 0.850. The molecule has 0 aromatic heterocycles. The highest BCUT2D eigenvalue weighted by Crippen LogP contribution is 1.91. The van der Waals surface area contributed by atoms with Gasteiger partial charge in [-0.15, -0.1) is 0 Å². The van der Waals surface area contributed by atoms with Crippen molar-refractivity contribution < 1.29 is 52.6 Å². The Balaban J connectivity index is 3.14. The predicted molar refractivity (Wildman–Crippen MR) is 111 cm³/mol. The summed E-state index contributed by atoms with van der Waals surface area (Å²) in [5.74, 6) is -1.73. The zero-order valence-corrected chi connectivity index (χ0v) is 18.8. The molecule has 0 aliphatic rings. The molecule has 0 saturated heterocycles. The van der Waals surface area contributed by atoms with Crippen LogP contribution >= 0.6 is 0 Å². The SMILES string of the molecule is CCCC(=O)OCCOCCOCCOCCOCCOCCNC(=O)COCC(=O)O. The summed E-state index contributed by atoms with van der Waals surface area (Å²) in [6, 6.07) is 0. The average molecular weight is 468 g/mol. The zero-order chi connectivity index (χ0) is 23.7. The number of rotatable bonds is 24. The second kappa shape index (κ2) is 23.8. The summed E-state index contributed by atoms with van der Waals surface area (Å²) in [6.07, 6.45) is 1.20. The average Bonchev–Trinajstić information content (AvgIpc) is 2.75. The van der Waals surface area contributed by atoms with Gasteiger partial charge in [0, 0.05) is 13.0 Å². The molecule has 0 fully saturated rings. The van der Waals surface area contributed by atoms with E-state index in [9.17, 15) is 14.4 Å². The van der Waals surface area contributed by atoms with Gasteiger partial charge in [0.2, 0.25) is 5.91 Å². The van der Waals surface area contributed by atoms with Crippen LogP contribution in [0.1, 0.15) is 19.8 Å². The molecule has 0 spiro atoms. The van der Waals surface area contributed by atoms with Crippen LogP contribution in [0.15, 0.2) is 0 Å². The highest BCUT2D eigenvalue weighted by atomic mass is 16.6. The first-order chi connectivity index (χ1) is 15.6. The maximum absolute atomic E-state index is 11.3. The van der Waals surface area contributed by atoms with Gasteiger partial charge in [0.1, 0.15) is 19.8 Å². The van der Waals surface area contributed by atoms with Gasteiger partial charge in [-0.05, 0) is 6.42 Å². The largest absolute Gasteiger partial charge is 0.480 e. The normalized spacial score (nSPS) is 10.8. The van der Waals surface area contributed by atoms with Crippen molar-refractivity contribution in [2.75, 3.05) is 92.4 Å². The standard InChI is InChI=1S/C20H37NO11/c1-2-3-20(25)32-15-14-30-13-12-29-11-10-28-9-8-27-7-6-26-5-4-21-18(22)16-31-17-19(23)24/h2-17H2,1H3,(H,21,22)(H,23,24). The minimum atomic E-state index is -1.12. The van der Waals surface area contributed by atoms with Crippen LogP contribution in [0.3, 0.4) is 0 Å². The Bertz CT molecular complexity index is 476. The van der Waals surface area contributed by atoms with Crippen molar-refractivity contribution in [3.05, 3.63) is 0 Å². The molecule has 0 aliphatic carbocycles. The Hall–Kier alpha value is -1.83. The van der Waals surface area contributed by atoms with E-state index in [1.165, 1.54) is 0 Å². The number of amides is 1. The van der Waals surface area contributed by atoms with Crippen molar-refractivity contribution in [1.82, 2.24) is 5.32 Å². The molecule has 0 rings (SSSR count). The molecule has 0 atom stereocenters. The second-order valence-corrected chi connectivity index (χ2v) is 6.27. The number of ether oxygens (including phenoxy) is 7. The molecule has 0 aliphatic heterocycles. The second-order valence-electron chi connectivity index (χ2n) is 6.27. The van der Waals surface area contributed by atoms with E-state index in [1.807, 2.05) is 6.92 Å². The molecule has 188 valence electrons. The van der Waals surface area contributed by atoms with Crippen molar-refractivity contribution in [3.63, 3.8) is 0 Å². The lowest BCUT2D eigenvalue weighted by Crippen LogP contribution is -2.31. The molecule has 32 heavy (non-hydrogen) atoms. The molecule has 2 N–H and O–H groups in total. The molecule has 0 saturated carbocycles. The third-order valence-electron chi connectivity index (χ3n) is 3.46. The number of nitrogens with one attached hydrogen (secondary N) is 1. The lowest BCUT2D eigenvalue weighted by atomic mass is 10.3. The topological polar surface area (TPSA) is 148 Å². The van der Waals surface area contributed by atoms with E-state index in [2.05, 4.69) is 10.1 Å². The summed E-state index contributed by atoms with van der Waals surface area (Å²) in [6.45, 7) is 5.77. The van der Waals surface area contributed by atoms with E-state index in [-0.39, 0.29) is 19.2 Å². The highest BCUT2D eigenvalue weighted by molar-refractivity contribution is 5.77. The number of hydrogen-bond acceptors (Lipinski definition) is 10. The molecule has 12 nitrogen and oxygen atoms in total. The Labute approximate surface area is 188 Å². The minimum absolute atomic E-state index is 0.204. The molecule has 0 aromatic carbocycles. The smallest absolute Gasteiger partial charge is 0.329 e. The van der Waals surface area contributed by atoms with Crippen LogP contribution in [0, 0.1) is 0 Å². The molecule has 0 unspecified atom stereocenters. The summed E-state index contributed by atoms with van der Waals surface area (Å²) in [5.41, 5.74) is 0. The van der Waals surface area contributed by atoms with Gasteiger partial charge in [0.05, 0.1) is 66.1 Å². The molecule has 1 amide bonds. The molecule has 0 heterocycles. The number of carbonyl (C=O) groups is 3. The monoisotopic (exact) mass is 467 g/mol. The first kappa shape index (κ1) is 30.2. The van der Waals surface area contributed by atoms with Crippen molar-refractivity contribution in [2.24, 2.45) is 0 Å². The maximum Gasteiger partial charge on any atom is 0.329 e. The third-order valence-corrected chi connectivity index (χ3v) is 3.46. The summed E-state index contributed by atoms with van der Waals surface area (Å²) in [5, 5.41) is 10.9. The van der Waals surface area contributed by atoms with Crippen LogP contribution in [-0.2, 0) is 47.5 Å². The van der Waals surface area contributed by atoms with Crippen molar-refractivity contribution >= 4 is 17.8 Å². The van der Waals surface area contributed by atoms with E-state index >= 15 is 0 Å². The van der Waals surface area contributed by atoms with Gasteiger partial charge < -0.3 is 43.6 Å². The van der Waals surface area contributed by atoms with Crippen LogP contribution in [-0.4, -0.2) is 115 Å². The van der Waals surface area contributed by atoms with E-state index in [1.54, 1.807) is 0 Å². The Kier molecular flexibility index (Phi) is 22.5. The molecule has 12 heteroatoms. The van der Waals surface area contributed by atoms with E-state index in [4.69, 9.17) is 33.5 Å². The fourth-order valence-electron chi connectivity index (χ4n) is 2.02. The minimum Gasteiger partial charge on any atom is -0.480 e.